The molecule has 1 fully saturated rings. The average Bonchev–Trinajstić information content (AvgIpc) is 2.48. The molecule has 1 aromatic carbocycles. The number of amides is 1. The van der Waals surface area contributed by atoms with Crippen LogP contribution in [0.5, 0.6) is 5.75 Å². The summed E-state index contributed by atoms with van der Waals surface area (Å²) in [6.45, 7) is 6.07. The topological polar surface area (TPSA) is 41.6 Å². The Balaban J connectivity index is 1.87. The van der Waals surface area contributed by atoms with Gasteiger partial charge in [-0.3, -0.25) is 4.79 Å². The minimum absolute atomic E-state index is 0.247. The minimum atomic E-state index is 0.247. The van der Waals surface area contributed by atoms with Crippen molar-refractivity contribution in [2.24, 2.45) is 0 Å². The first kappa shape index (κ1) is 15.3. The lowest BCUT2D eigenvalue weighted by Crippen LogP contribution is -2.46. The highest BCUT2D eigenvalue weighted by Gasteiger charge is 2.15. The van der Waals surface area contributed by atoms with E-state index in [1.807, 2.05) is 30.0 Å². The Morgan fingerprint density at radius 1 is 1.40 bits per heavy atom. The first-order valence-electron chi connectivity index (χ1n) is 7.10. The van der Waals surface area contributed by atoms with E-state index >= 15 is 0 Å². The van der Waals surface area contributed by atoms with Crippen LogP contribution in [0, 0.1) is 0 Å². The summed E-state index contributed by atoms with van der Waals surface area (Å²) in [5, 5.41) is 3.26. The molecule has 0 aromatic heterocycles. The van der Waals surface area contributed by atoms with Gasteiger partial charge >= 0.3 is 0 Å². The highest BCUT2D eigenvalue weighted by atomic mass is 79.9. The van der Waals surface area contributed by atoms with Crippen LogP contribution in [-0.4, -0.2) is 43.6 Å². The maximum atomic E-state index is 12.1. The Morgan fingerprint density at radius 2 is 2.15 bits per heavy atom. The summed E-state index contributed by atoms with van der Waals surface area (Å²) in [5.74, 6) is 1.10. The van der Waals surface area contributed by atoms with Crippen LogP contribution < -0.4 is 10.1 Å². The second-order valence-corrected chi connectivity index (χ2v) is 5.68. The number of hydrogen-bond acceptors (Lipinski definition) is 3. The fraction of sp³-hybridized carbons (Fsp3) is 0.533. The van der Waals surface area contributed by atoms with E-state index in [0.29, 0.717) is 13.0 Å². The Bertz CT molecular complexity index is 459. The molecule has 0 bridgehead atoms. The summed E-state index contributed by atoms with van der Waals surface area (Å²) < 4.78 is 6.43. The molecule has 0 saturated carbocycles. The number of rotatable bonds is 5. The number of hydrogen-bond donors (Lipinski definition) is 1. The molecule has 20 heavy (non-hydrogen) atoms. The number of aryl methyl sites for hydroxylation is 1. The minimum Gasteiger partial charge on any atom is -0.493 e. The lowest BCUT2D eigenvalue weighted by atomic mass is 10.1. The maximum Gasteiger partial charge on any atom is 0.222 e. The van der Waals surface area contributed by atoms with Gasteiger partial charge < -0.3 is 15.0 Å². The summed E-state index contributed by atoms with van der Waals surface area (Å²) in [6, 6.07) is 6.02. The zero-order valence-corrected chi connectivity index (χ0v) is 13.4. The summed E-state index contributed by atoms with van der Waals surface area (Å²) in [5.41, 5.74) is 1.16. The van der Waals surface area contributed by atoms with Crippen molar-refractivity contribution >= 4 is 21.8 Å². The van der Waals surface area contributed by atoms with Gasteiger partial charge in [-0.1, -0.05) is 6.07 Å². The van der Waals surface area contributed by atoms with Crippen LogP contribution in [0.2, 0.25) is 0 Å². The Kier molecular flexibility index (Phi) is 5.86. The van der Waals surface area contributed by atoms with Crippen molar-refractivity contribution in [3.05, 3.63) is 28.2 Å². The number of nitrogens with zero attached hydrogens (tertiary/aromatic N) is 1. The fourth-order valence-corrected chi connectivity index (χ4v) is 2.84. The standard InChI is InChI=1S/C15H21BrN2O2/c1-2-20-14-5-3-12(11-13(14)16)4-6-15(19)18-9-7-17-8-10-18/h3,5,11,17H,2,4,6-10H2,1H3. The molecule has 1 saturated heterocycles. The molecule has 4 nitrogen and oxygen atoms in total. The molecular formula is C15H21BrN2O2. The van der Waals surface area contributed by atoms with Gasteiger partial charge in [-0.2, -0.15) is 0 Å². The monoisotopic (exact) mass is 340 g/mol. The quantitative estimate of drug-likeness (QED) is 0.893. The van der Waals surface area contributed by atoms with Crippen LogP contribution >= 0.6 is 15.9 Å². The highest BCUT2D eigenvalue weighted by Crippen LogP contribution is 2.26. The van der Waals surface area contributed by atoms with Crippen molar-refractivity contribution < 1.29 is 9.53 Å². The number of ether oxygens (including phenoxy) is 1. The van der Waals surface area contributed by atoms with Gasteiger partial charge in [0.2, 0.25) is 5.91 Å². The SMILES string of the molecule is CCOc1ccc(CCC(=O)N2CCNCC2)cc1Br. The van der Waals surface area contributed by atoms with Crippen molar-refractivity contribution in [2.45, 2.75) is 19.8 Å². The molecule has 0 unspecified atom stereocenters. The van der Waals surface area contributed by atoms with Crippen molar-refractivity contribution in [1.82, 2.24) is 10.2 Å². The van der Waals surface area contributed by atoms with E-state index in [1.54, 1.807) is 0 Å². The Hall–Kier alpha value is -1.07. The average molecular weight is 341 g/mol. The molecule has 0 radical (unpaired) electrons. The van der Waals surface area contributed by atoms with Gasteiger partial charge in [-0.05, 0) is 47.0 Å². The van der Waals surface area contributed by atoms with E-state index in [9.17, 15) is 4.79 Å². The number of carbonyl (C=O) groups is 1. The second-order valence-electron chi connectivity index (χ2n) is 4.83. The van der Waals surface area contributed by atoms with Crippen molar-refractivity contribution in [2.75, 3.05) is 32.8 Å². The lowest BCUT2D eigenvalue weighted by molar-refractivity contribution is -0.131. The molecule has 1 aromatic rings. The van der Waals surface area contributed by atoms with Gasteiger partial charge in [0, 0.05) is 32.6 Å². The fourth-order valence-electron chi connectivity index (χ4n) is 2.30. The summed E-state index contributed by atoms with van der Waals surface area (Å²) >= 11 is 3.50. The molecule has 1 amide bonds. The molecule has 0 aliphatic carbocycles. The predicted molar refractivity (Wildman–Crippen MR) is 83.1 cm³/mol. The normalized spacial score (nSPS) is 15.2. The molecule has 1 aliphatic rings. The van der Waals surface area contributed by atoms with E-state index in [1.165, 1.54) is 0 Å². The van der Waals surface area contributed by atoms with E-state index in [2.05, 4.69) is 21.2 Å². The Morgan fingerprint density at radius 3 is 2.80 bits per heavy atom. The van der Waals surface area contributed by atoms with E-state index in [-0.39, 0.29) is 5.91 Å². The molecule has 1 aliphatic heterocycles. The van der Waals surface area contributed by atoms with Gasteiger partial charge in [-0.25, -0.2) is 0 Å². The van der Waals surface area contributed by atoms with Gasteiger partial charge in [0.05, 0.1) is 11.1 Å². The predicted octanol–water partition coefficient (Wildman–Crippen LogP) is 2.21. The molecule has 1 heterocycles. The number of piperazine rings is 1. The maximum absolute atomic E-state index is 12.1. The zero-order valence-electron chi connectivity index (χ0n) is 11.8. The van der Waals surface area contributed by atoms with Crippen molar-refractivity contribution in [3.8, 4) is 5.75 Å². The van der Waals surface area contributed by atoms with Crippen LogP contribution in [0.4, 0.5) is 0 Å². The van der Waals surface area contributed by atoms with Crippen LogP contribution in [-0.2, 0) is 11.2 Å². The summed E-state index contributed by atoms with van der Waals surface area (Å²) in [4.78, 5) is 14.0. The van der Waals surface area contributed by atoms with Gasteiger partial charge in [0.1, 0.15) is 5.75 Å². The van der Waals surface area contributed by atoms with Crippen LogP contribution in [0.1, 0.15) is 18.9 Å². The Labute approximate surface area is 128 Å². The van der Waals surface area contributed by atoms with Crippen LogP contribution in [0.15, 0.2) is 22.7 Å². The summed E-state index contributed by atoms with van der Waals surface area (Å²) in [6.07, 6.45) is 1.34. The number of benzene rings is 1. The van der Waals surface area contributed by atoms with Crippen LogP contribution in [0.25, 0.3) is 0 Å². The third-order valence-corrected chi connectivity index (χ3v) is 4.01. The lowest BCUT2D eigenvalue weighted by Gasteiger charge is -2.27. The molecule has 110 valence electrons. The molecule has 1 N–H and O–H groups in total. The van der Waals surface area contributed by atoms with Crippen LogP contribution in [0.3, 0.4) is 0 Å². The molecule has 2 rings (SSSR count). The second kappa shape index (κ2) is 7.64. The third kappa shape index (κ3) is 4.21. The first-order chi connectivity index (χ1) is 9.70. The largest absolute Gasteiger partial charge is 0.493 e. The van der Waals surface area contributed by atoms with Gasteiger partial charge in [0.15, 0.2) is 0 Å². The highest BCUT2D eigenvalue weighted by molar-refractivity contribution is 9.10. The summed E-state index contributed by atoms with van der Waals surface area (Å²) in [7, 11) is 0. The van der Waals surface area contributed by atoms with E-state index in [4.69, 9.17) is 4.74 Å². The van der Waals surface area contributed by atoms with E-state index in [0.717, 1.165) is 48.4 Å². The number of nitrogens with one attached hydrogen (secondary N) is 1. The first-order valence-corrected chi connectivity index (χ1v) is 7.89. The van der Waals surface area contributed by atoms with Gasteiger partial charge in [-0.15, -0.1) is 0 Å². The number of halogens is 1. The molecular weight excluding hydrogens is 320 g/mol. The molecule has 0 spiro atoms. The van der Waals surface area contributed by atoms with Gasteiger partial charge in [0.25, 0.3) is 0 Å². The number of carbonyl (C=O) groups excluding carboxylic acids is 1. The zero-order chi connectivity index (χ0) is 14.4. The van der Waals surface area contributed by atoms with Crippen molar-refractivity contribution in [3.63, 3.8) is 0 Å². The van der Waals surface area contributed by atoms with Crippen molar-refractivity contribution in [1.29, 1.82) is 0 Å². The third-order valence-electron chi connectivity index (χ3n) is 3.39. The smallest absolute Gasteiger partial charge is 0.222 e. The molecule has 0 atom stereocenters. The molecule has 5 heteroatoms. The van der Waals surface area contributed by atoms with E-state index < -0.39 is 0 Å².